The van der Waals surface area contributed by atoms with E-state index in [1.165, 1.54) is 6.26 Å². The maximum Gasteiger partial charge on any atom is 0.191 e. The van der Waals surface area contributed by atoms with Crippen molar-refractivity contribution in [2.24, 2.45) is 12.0 Å². The molecule has 0 atom stereocenters. The van der Waals surface area contributed by atoms with E-state index in [1.807, 2.05) is 24.6 Å². The molecule has 0 fully saturated rings. The Hall–Kier alpha value is -1.66. The van der Waals surface area contributed by atoms with Crippen LogP contribution in [0.4, 0.5) is 0 Å². The van der Waals surface area contributed by atoms with E-state index in [-0.39, 0.29) is 0 Å². The van der Waals surface area contributed by atoms with Gasteiger partial charge in [0, 0.05) is 25.4 Å². The molecule has 21 heavy (non-hydrogen) atoms. The minimum Gasteiger partial charge on any atom is -0.364 e. The van der Waals surface area contributed by atoms with Crippen molar-refractivity contribution < 1.29 is 4.52 Å². The summed E-state index contributed by atoms with van der Waals surface area (Å²) in [7, 11) is 1.87. The molecule has 0 aliphatic heterocycles. The van der Waals surface area contributed by atoms with Gasteiger partial charge in [0.25, 0.3) is 0 Å². The quantitative estimate of drug-likeness (QED) is 0.653. The maximum absolute atomic E-state index is 6.04. The SMILES string of the molecule is CCNC(=NCc1ccon1)NCc1cc(Cl)c(Cl)n1C. The van der Waals surface area contributed by atoms with E-state index >= 15 is 0 Å². The van der Waals surface area contributed by atoms with Crippen LogP contribution in [0.3, 0.4) is 0 Å². The third kappa shape index (κ3) is 4.15. The zero-order chi connectivity index (χ0) is 15.2. The first-order valence-corrected chi connectivity index (χ1v) is 7.28. The molecule has 0 radical (unpaired) electrons. The minimum atomic E-state index is 0.445. The van der Waals surface area contributed by atoms with Crippen LogP contribution in [0.25, 0.3) is 0 Å². The Morgan fingerprint density at radius 1 is 1.43 bits per heavy atom. The Morgan fingerprint density at radius 3 is 2.81 bits per heavy atom. The zero-order valence-corrected chi connectivity index (χ0v) is 13.4. The number of guanidine groups is 1. The summed E-state index contributed by atoms with van der Waals surface area (Å²) in [6.45, 7) is 3.77. The number of nitrogens with one attached hydrogen (secondary N) is 2. The lowest BCUT2D eigenvalue weighted by molar-refractivity contribution is 0.412. The average Bonchev–Trinajstić information content (AvgIpc) is 3.07. The molecular weight excluding hydrogens is 313 g/mol. The standard InChI is InChI=1S/C13H17Cl2N5O/c1-3-16-13(17-7-9-4-5-21-19-9)18-8-10-6-11(14)12(15)20(10)2/h4-6H,3,7-8H2,1-2H3,(H2,16,17,18). The topological polar surface area (TPSA) is 67.4 Å². The van der Waals surface area contributed by atoms with E-state index in [4.69, 9.17) is 27.7 Å². The van der Waals surface area contributed by atoms with Gasteiger partial charge < -0.3 is 19.7 Å². The average molecular weight is 330 g/mol. The van der Waals surface area contributed by atoms with Crippen LogP contribution in [-0.4, -0.2) is 22.2 Å². The highest BCUT2D eigenvalue weighted by atomic mass is 35.5. The van der Waals surface area contributed by atoms with E-state index in [0.717, 1.165) is 17.9 Å². The summed E-state index contributed by atoms with van der Waals surface area (Å²) in [4.78, 5) is 4.43. The van der Waals surface area contributed by atoms with E-state index in [2.05, 4.69) is 20.8 Å². The van der Waals surface area contributed by atoms with Crippen molar-refractivity contribution in [3.63, 3.8) is 0 Å². The van der Waals surface area contributed by atoms with Gasteiger partial charge in [-0.2, -0.15) is 0 Å². The lowest BCUT2D eigenvalue weighted by atomic mass is 10.4. The van der Waals surface area contributed by atoms with Gasteiger partial charge in [0.2, 0.25) is 0 Å². The largest absolute Gasteiger partial charge is 0.364 e. The molecule has 0 amide bonds. The number of rotatable bonds is 5. The molecule has 0 aromatic carbocycles. The van der Waals surface area contributed by atoms with Crippen LogP contribution in [0.2, 0.25) is 10.2 Å². The van der Waals surface area contributed by atoms with Gasteiger partial charge >= 0.3 is 0 Å². The monoisotopic (exact) mass is 329 g/mol. The van der Waals surface area contributed by atoms with Gasteiger partial charge in [0.15, 0.2) is 5.96 Å². The second-order valence-corrected chi connectivity index (χ2v) is 5.14. The fourth-order valence-electron chi connectivity index (χ4n) is 1.75. The van der Waals surface area contributed by atoms with Crippen LogP contribution >= 0.6 is 23.2 Å². The van der Waals surface area contributed by atoms with Crippen molar-refractivity contribution in [2.45, 2.75) is 20.0 Å². The fourth-order valence-corrected chi connectivity index (χ4v) is 2.17. The molecule has 2 N–H and O–H groups in total. The molecule has 6 nitrogen and oxygen atoms in total. The number of halogens is 2. The van der Waals surface area contributed by atoms with Crippen LogP contribution in [0.1, 0.15) is 18.3 Å². The third-order valence-electron chi connectivity index (χ3n) is 2.89. The Labute approximate surface area is 133 Å². The molecule has 0 aliphatic rings. The highest BCUT2D eigenvalue weighted by molar-refractivity contribution is 6.41. The van der Waals surface area contributed by atoms with Crippen molar-refractivity contribution >= 4 is 29.2 Å². The molecule has 2 aromatic rings. The molecule has 114 valence electrons. The first-order chi connectivity index (χ1) is 10.1. The highest BCUT2D eigenvalue weighted by Gasteiger charge is 2.09. The lowest BCUT2D eigenvalue weighted by Crippen LogP contribution is -2.37. The van der Waals surface area contributed by atoms with Crippen LogP contribution in [0, 0.1) is 0 Å². The first-order valence-electron chi connectivity index (χ1n) is 6.52. The number of aromatic nitrogens is 2. The molecule has 8 heteroatoms. The molecule has 2 heterocycles. The Morgan fingerprint density at radius 2 is 2.24 bits per heavy atom. The number of hydrogen-bond donors (Lipinski definition) is 2. The van der Waals surface area contributed by atoms with Crippen LogP contribution in [-0.2, 0) is 20.1 Å². The van der Waals surface area contributed by atoms with Crippen LogP contribution in [0.15, 0.2) is 27.9 Å². The molecule has 0 bridgehead atoms. The summed E-state index contributed by atoms with van der Waals surface area (Å²) in [5, 5.41) is 11.3. The molecule has 0 saturated heterocycles. The van der Waals surface area contributed by atoms with Crippen molar-refractivity contribution in [2.75, 3.05) is 6.54 Å². The lowest BCUT2D eigenvalue weighted by Gasteiger charge is -2.11. The summed E-state index contributed by atoms with van der Waals surface area (Å²) in [5.74, 6) is 0.689. The van der Waals surface area contributed by atoms with E-state index in [0.29, 0.717) is 29.2 Å². The molecule has 0 spiro atoms. The Kier molecular flexibility index (Phi) is 5.52. The predicted molar refractivity (Wildman–Crippen MR) is 83.6 cm³/mol. The highest BCUT2D eigenvalue weighted by Crippen LogP contribution is 2.24. The van der Waals surface area contributed by atoms with Crippen LogP contribution < -0.4 is 10.6 Å². The number of hydrogen-bond acceptors (Lipinski definition) is 3. The van der Waals surface area contributed by atoms with Gasteiger partial charge in [-0.05, 0) is 13.0 Å². The molecule has 0 unspecified atom stereocenters. The van der Waals surface area contributed by atoms with Gasteiger partial charge in [0.1, 0.15) is 17.1 Å². The molecule has 0 aliphatic carbocycles. The smallest absolute Gasteiger partial charge is 0.191 e. The van der Waals surface area contributed by atoms with Crippen molar-refractivity contribution in [1.29, 1.82) is 0 Å². The second-order valence-electron chi connectivity index (χ2n) is 4.37. The second kappa shape index (κ2) is 7.38. The first kappa shape index (κ1) is 15.7. The fraction of sp³-hybridized carbons (Fsp3) is 0.385. The normalized spacial score (nSPS) is 11.7. The Balaban J connectivity index is 1.99. The third-order valence-corrected chi connectivity index (χ3v) is 3.73. The molecular formula is C13H17Cl2N5O. The van der Waals surface area contributed by atoms with Gasteiger partial charge in [-0.1, -0.05) is 28.4 Å². The Bertz CT molecular complexity index is 606. The van der Waals surface area contributed by atoms with Gasteiger partial charge in [-0.3, -0.25) is 0 Å². The molecule has 2 aromatic heterocycles. The summed E-state index contributed by atoms with van der Waals surface area (Å²) in [6, 6.07) is 3.61. The van der Waals surface area contributed by atoms with E-state index in [1.54, 1.807) is 6.07 Å². The summed E-state index contributed by atoms with van der Waals surface area (Å²) in [6.07, 6.45) is 1.53. The van der Waals surface area contributed by atoms with Crippen LogP contribution in [0.5, 0.6) is 0 Å². The van der Waals surface area contributed by atoms with Crippen molar-refractivity contribution in [3.05, 3.63) is 40.0 Å². The number of aliphatic imine (C=N–C) groups is 1. The van der Waals surface area contributed by atoms with E-state index in [9.17, 15) is 0 Å². The van der Waals surface area contributed by atoms with E-state index < -0.39 is 0 Å². The summed E-state index contributed by atoms with van der Waals surface area (Å²) in [5.41, 5.74) is 1.74. The van der Waals surface area contributed by atoms with Gasteiger partial charge in [0.05, 0.1) is 18.1 Å². The summed E-state index contributed by atoms with van der Waals surface area (Å²) < 4.78 is 6.61. The van der Waals surface area contributed by atoms with Crippen molar-refractivity contribution in [3.8, 4) is 0 Å². The van der Waals surface area contributed by atoms with Gasteiger partial charge in [-0.25, -0.2) is 4.99 Å². The maximum atomic E-state index is 6.04. The predicted octanol–water partition coefficient (Wildman–Crippen LogP) is 2.58. The number of nitrogens with zero attached hydrogens (tertiary/aromatic N) is 3. The van der Waals surface area contributed by atoms with Crippen molar-refractivity contribution in [1.82, 2.24) is 20.4 Å². The minimum absolute atomic E-state index is 0.445. The summed E-state index contributed by atoms with van der Waals surface area (Å²) >= 11 is 12.0. The zero-order valence-electron chi connectivity index (χ0n) is 11.9. The van der Waals surface area contributed by atoms with Gasteiger partial charge in [-0.15, -0.1) is 0 Å². The molecule has 0 saturated carbocycles. The molecule has 2 rings (SSSR count).